The average Bonchev–Trinajstić information content (AvgIpc) is 3.22. The van der Waals surface area contributed by atoms with E-state index in [2.05, 4.69) is 37.9 Å². The Morgan fingerprint density at radius 1 is 1.29 bits per heavy atom. The quantitative estimate of drug-likeness (QED) is 0.632. The third-order valence-electron chi connectivity index (χ3n) is 4.23. The number of likely N-dealkylation sites (tertiary alicyclic amines) is 1. The van der Waals surface area contributed by atoms with Crippen LogP contribution in [-0.4, -0.2) is 51.5 Å². The van der Waals surface area contributed by atoms with E-state index in [-0.39, 0.29) is 18.2 Å². The molecule has 0 saturated carbocycles. The van der Waals surface area contributed by atoms with Gasteiger partial charge < -0.3 is 15.7 Å². The first-order valence-corrected chi connectivity index (χ1v) is 8.16. The predicted octanol–water partition coefficient (Wildman–Crippen LogP) is 0.844. The number of hydrogen-bond acceptors (Lipinski definition) is 4. The number of aromatic nitrogens is 2. The van der Waals surface area contributed by atoms with Gasteiger partial charge in [0, 0.05) is 31.9 Å². The Hall–Kier alpha value is -2.38. The standard InChI is InChI=1S/C17H23N5O2/c23-16-8-15(22(12-16)11-13-4-2-1-3-5-13)10-19-17(24)18-9-14-6-7-20-21-14/h1-7,15-16,23H,8-12H2,(H,20,21)(H2,18,19,24). The number of hydrogen-bond donors (Lipinski definition) is 4. The maximum Gasteiger partial charge on any atom is 0.315 e. The summed E-state index contributed by atoms with van der Waals surface area (Å²) in [6.45, 7) is 2.34. The fraction of sp³-hybridized carbons (Fsp3) is 0.412. The number of aliphatic hydroxyl groups is 1. The molecule has 4 N–H and O–H groups in total. The van der Waals surface area contributed by atoms with E-state index in [1.807, 2.05) is 24.3 Å². The van der Waals surface area contributed by atoms with Crippen LogP contribution in [0.4, 0.5) is 4.79 Å². The first kappa shape index (κ1) is 16.5. The number of carbonyl (C=O) groups excluding carboxylic acids is 1. The van der Waals surface area contributed by atoms with Crippen molar-refractivity contribution in [3.63, 3.8) is 0 Å². The van der Waals surface area contributed by atoms with Crippen molar-refractivity contribution in [3.8, 4) is 0 Å². The van der Waals surface area contributed by atoms with Crippen LogP contribution in [0.25, 0.3) is 0 Å². The van der Waals surface area contributed by atoms with Gasteiger partial charge in [-0.2, -0.15) is 5.10 Å². The Bertz CT molecular complexity index is 632. The lowest BCUT2D eigenvalue weighted by molar-refractivity contribution is 0.172. The molecule has 128 valence electrons. The Morgan fingerprint density at radius 2 is 2.12 bits per heavy atom. The zero-order valence-electron chi connectivity index (χ0n) is 13.5. The number of benzene rings is 1. The van der Waals surface area contributed by atoms with Crippen molar-refractivity contribution in [1.82, 2.24) is 25.7 Å². The molecule has 2 heterocycles. The molecular weight excluding hydrogens is 306 g/mol. The second-order valence-electron chi connectivity index (χ2n) is 6.10. The summed E-state index contributed by atoms with van der Waals surface area (Å²) >= 11 is 0. The summed E-state index contributed by atoms with van der Waals surface area (Å²) < 4.78 is 0. The maximum atomic E-state index is 11.9. The van der Waals surface area contributed by atoms with Gasteiger partial charge in [-0.15, -0.1) is 0 Å². The Labute approximate surface area is 141 Å². The summed E-state index contributed by atoms with van der Waals surface area (Å²) in [6, 6.07) is 11.9. The molecule has 7 nitrogen and oxygen atoms in total. The second-order valence-corrected chi connectivity index (χ2v) is 6.10. The van der Waals surface area contributed by atoms with Crippen molar-refractivity contribution in [2.24, 2.45) is 0 Å². The van der Waals surface area contributed by atoms with E-state index in [0.29, 0.717) is 26.1 Å². The van der Waals surface area contributed by atoms with Crippen LogP contribution in [0.2, 0.25) is 0 Å². The van der Waals surface area contributed by atoms with Crippen molar-refractivity contribution in [3.05, 3.63) is 53.9 Å². The first-order chi connectivity index (χ1) is 11.7. The molecule has 1 aliphatic heterocycles. The summed E-state index contributed by atoms with van der Waals surface area (Å²) in [5, 5.41) is 22.3. The van der Waals surface area contributed by atoms with E-state index in [1.54, 1.807) is 6.20 Å². The molecule has 2 amide bonds. The van der Waals surface area contributed by atoms with E-state index < -0.39 is 0 Å². The van der Waals surface area contributed by atoms with Gasteiger partial charge in [-0.25, -0.2) is 4.79 Å². The Morgan fingerprint density at radius 3 is 2.88 bits per heavy atom. The van der Waals surface area contributed by atoms with E-state index >= 15 is 0 Å². The highest BCUT2D eigenvalue weighted by Crippen LogP contribution is 2.20. The monoisotopic (exact) mass is 329 g/mol. The zero-order chi connectivity index (χ0) is 16.8. The summed E-state index contributed by atoms with van der Waals surface area (Å²) in [5.74, 6) is 0. The molecule has 1 aliphatic rings. The molecule has 1 saturated heterocycles. The average molecular weight is 329 g/mol. The SMILES string of the molecule is O=C(NCc1ccn[nH]1)NCC1CC(O)CN1Cc1ccccc1. The van der Waals surface area contributed by atoms with Crippen molar-refractivity contribution >= 4 is 6.03 Å². The maximum absolute atomic E-state index is 11.9. The molecule has 1 fully saturated rings. The first-order valence-electron chi connectivity index (χ1n) is 8.16. The molecule has 2 atom stereocenters. The number of aliphatic hydroxyl groups excluding tert-OH is 1. The summed E-state index contributed by atoms with van der Waals surface area (Å²) in [7, 11) is 0. The lowest BCUT2D eigenvalue weighted by Crippen LogP contribution is -2.43. The van der Waals surface area contributed by atoms with Crippen molar-refractivity contribution in [2.75, 3.05) is 13.1 Å². The van der Waals surface area contributed by atoms with Gasteiger partial charge in [0.2, 0.25) is 0 Å². The number of nitrogens with zero attached hydrogens (tertiary/aromatic N) is 2. The molecule has 0 radical (unpaired) electrons. The van der Waals surface area contributed by atoms with Crippen LogP contribution in [0.15, 0.2) is 42.6 Å². The van der Waals surface area contributed by atoms with Crippen LogP contribution in [0.3, 0.4) is 0 Å². The highest BCUT2D eigenvalue weighted by molar-refractivity contribution is 5.73. The summed E-state index contributed by atoms with van der Waals surface area (Å²) in [5.41, 5.74) is 2.06. The molecule has 7 heteroatoms. The number of β-amino-alcohol motifs (C(OH)–C–C–N with tert-alkyl or cyclic N) is 1. The van der Waals surface area contributed by atoms with Crippen LogP contribution in [0, 0.1) is 0 Å². The van der Waals surface area contributed by atoms with E-state index in [9.17, 15) is 9.90 Å². The van der Waals surface area contributed by atoms with Gasteiger partial charge in [-0.3, -0.25) is 10.00 Å². The third-order valence-corrected chi connectivity index (χ3v) is 4.23. The van der Waals surface area contributed by atoms with Crippen LogP contribution in [0.5, 0.6) is 0 Å². The fourth-order valence-electron chi connectivity index (χ4n) is 3.01. The highest BCUT2D eigenvalue weighted by atomic mass is 16.3. The normalized spacial score (nSPS) is 20.9. The van der Waals surface area contributed by atoms with Crippen LogP contribution in [-0.2, 0) is 13.1 Å². The molecule has 0 spiro atoms. The van der Waals surface area contributed by atoms with Gasteiger partial charge >= 0.3 is 6.03 Å². The molecule has 0 aliphatic carbocycles. The Balaban J connectivity index is 1.46. The van der Waals surface area contributed by atoms with E-state index in [4.69, 9.17) is 0 Å². The minimum atomic E-state index is -0.339. The number of nitrogens with one attached hydrogen (secondary N) is 3. The fourth-order valence-corrected chi connectivity index (χ4v) is 3.01. The van der Waals surface area contributed by atoms with Gasteiger partial charge in [-0.05, 0) is 18.1 Å². The van der Waals surface area contributed by atoms with Crippen LogP contribution in [0.1, 0.15) is 17.7 Å². The molecule has 2 unspecified atom stereocenters. The molecule has 1 aromatic carbocycles. The highest BCUT2D eigenvalue weighted by Gasteiger charge is 2.30. The summed E-state index contributed by atoms with van der Waals surface area (Å²) in [4.78, 5) is 14.1. The second kappa shape index (κ2) is 7.94. The van der Waals surface area contributed by atoms with Crippen molar-refractivity contribution < 1.29 is 9.90 Å². The van der Waals surface area contributed by atoms with Crippen LogP contribution >= 0.6 is 0 Å². The largest absolute Gasteiger partial charge is 0.392 e. The lowest BCUT2D eigenvalue weighted by Gasteiger charge is -2.24. The Kier molecular flexibility index (Phi) is 5.45. The van der Waals surface area contributed by atoms with Gasteiger partial charge in [-0.1, -0.05) is 30.3 Å². The minimum absolute atomic E-state index is 0.137. The topological polar surface area (TPSA) is 93.3 Å². The molecule has 2 aromatic rings. The zero-order valence-corrected chi connectivity index (χ0v) is 13.5. The van der Waals surface area contributed by atoms with Crippen molar-refractivity contribution in [1.29, 1.82) is 0 Å². The van der Waals surface area contributed by atoms with Gasteiger partial charge in [0.25, 0.3) is 0 Å². The predicted molar refractivity (Wildman–Crippen MR) is 90.1 cm³/mol. The van der Waals surface area contributed by atoms with Gasteiger partial charge in [0.05, 0.1) is 18.3 Å². The van der Waals surface area contributed by atoms with Crippen LogP contribution < -0.4 is 10.6 Å². The molecule has 3 rings (SSSR count). The number of H-pyrrole nitrogens is 1. The minimum Gasteiger partial charge on any atom is -0.392 e. The van der Waals surface area contributed by atoms with E-state index in [1.165, 1.54) is 5.56 Å². The van der Waals surface area contributed by atoms with E-state index in [0.717, 1.165) is 12.2 Å². The van der Waals surface area contributed by atoms with Gasteiger partial charge in [0.1, 0.15) is 0 Å². The molecule has 0 bridgehead atoms. The smallest absolute Gasteiger partial charge is 0.315 e. The van der Waals surface area contributed by atoms with Crippen molar-refractivity contribution in [2.45, 2.75) is 31.7 Å². The summed E-state index contributed by atoms with van der Waals surface area (Å²) in [6.07, 6.45) is 1.98. The molecule has 1 aromatic heterocycles. The molecule has 24 heavy (non-hydrogen) atoms. The third kappa shape index (κ3) is 4.56. The lowest BCUT2D eigenvalue weighted by atomic mass is 10.1. The number of urea groups is 1. The molecular formula is C17H23N5O2. The number of rotatable bonds is 6. The van der Waals surface area contributed by atoms with Gasteiger partial charge in [0.15, 0.2) is 0 Å². The number of aromatic amines is 1. The number of carbonyl (C=O) groups is 1. The number of amides is 2.